The molecule has 1 aromatic rings. The molecular weight excluding hydrogens is 178 g/mol. The van der Waals surface area contributed by atoms with E-state index in [0.29, 0.717) is 5.96 Å². The highest BCUT2D eigenvalue weighted by atomic mass is 15.1. The Morgan fingerprint density at radius 3 is 3.00 bits per heavy atom. The van der Waals surface area contributed by atoms with Gasteiger partial charge in [-0.3, -0.25) is 0 Å². The molecule has 0 atom stereocenters. The third-order valence-corrected chi connectivity index (χ3v) is 1.31. The summed E-state index contributed by atoms with van der Waals surface area (Å²) in [5.74, 6) is 0.468. The maximum absolute atomic E-state index is 4.00. The Morgan fingerprint density at radius 1 is 1.57 bits per heavy atom. The normalized spacial score (nSPS) is 11.6. The molecule has 0 aliphatic carbocycles. The summed E-state index contributed by atoms with van der Waals surface area (Å²) in [6.07, 6.45) is 6.24. The summed E-state index contributed by atoms with van der Waals surface area (Å²) in [6, 6.07) is 1.77. The number of aromatic nitrogens is 2. The standard InChI is InChI=1S/C9H11N5/c1-3-10-9(11-4-2)14-8-5-6-12-13-7-8/h3-7H,1H2,2H3,(H,10,12,14)/b11-4-. The summed E-state index contributed by atoms with van der Waals surface area (Å²) in [4.78, 5) is 7.94. The van der Waals surface area contributed by atoms with E-state index < -0.39 is 0 Å². The van der Waals surface area contributed by atoms with E-state index in [1.54, 1.807) is 24.7 Å². The Kier molecular flexibility index (Phi) is 4.00. The maximum atomic E-state index is 4.00. The van der Waals surface area contributed by atoms with E-state index in [1.807, 2.05) is 6.92 Å². The van der Waals surface area contributed by atoms with Crippen LogP contribution in [0.25, 0.3) is 0 Å². The molecule has 0 radical (unpaired) electrons. The summed E-state index contributed by atoms with van der Waals surface area (Å²) in [5.41, 5.74) is 0.784. The van der Waals surface area contributed by atoms with E-state index in [4.69, 9.17) is 0 Å². The van der Waals surface area contributed by atoms with Gasteiger partial charge in [-0.15, -0.1) is 0 Å². The zero-order valence-corrected chi connectivity index (χ0v) is 7.88. The van der Waals surface area contributed by atoms with Crippen LogP contribution in [0.15, 0.2) is 41.2 Å². The summed E-state index contributed by atoms with van der Waals surface area (Å²) >= 11 is 0. The van der Waals surface area contributed by atoms with Gasteiger partial charge in [-0.1, -0.05) is 6.58 Å². The molecule has 5 nitrogen and oxygen atoms in total. The fourth-order valence-corrected chi connectivity index (χ4v) is 0.800. The average Bonchev–Trinajstić information content (AvgIpc) is 2.20. The number of nitrogens with zero attached hydrogens (tertiary/aromatic N) is 4. The van der Waals surface area contributed by atoms with Crippen LogP contribution in [0.2, 0.25) is 0 Å². The molecule has 0 bridgehead atoms. The van der Waals surface area contributed by atoms with Crippen molar-refractivity contribution in [3.63, 3.8) is 0 Å². The summed E-state index contributed by atoms with van der Waals surface area (Å²) in [5, 5.41) is 10.3. The number of hydrogen-bond donors (Lipinski definition) is 1. The average molecular weight is 189 g/mol. The monoisotopic (exact) mass is 189 g/mol. The molecule has 72 valence electrons. The number of hydrogen-bond acceptors (Lipinski definition) is 3. The largest absolute Gasteiger partial charge is 0.323 e. The van der Waals surface area contributed by atoms with Crippen molar-refractivity contribution in [2.45, 2.75) is 6.92 Å². The highest BCUT2D eigenvalue weighted by Gasteiger charge is 1.95. The fraction of sp³-hybridized carbons (Fsp3) is 0.111. The van der Waals surface area contributed by atoms with E-state index >= 15 is 0 Å². The van der Waals surface area contributed by atoms with Crippen LogP contribution in [0.1, 0.15) is 6.92 Å². The second kappa shape index (κ2) is 5.58. The van der Waals surface area contributed by atoms with Crippen molar-refractivity contribution in [1.29, 1.82) is 0 Å². The lowest BCUT2D eigenvalue weighted by Crippen LogP contribution is -2.09. The van der Waals surface area contributed by atoms with Gasteiger partial charge in [-0.2, -0.15) is 10.2 Å². The Bertz CT molecular complexity index is 341. The highest BCUT2D eigenvalue weighted by molar-refractivity contribution is 5.98. The fourth-order valence-electron chi connectivity index (χ4n) is 0.800. The number of rotatable bonds is 2. The smallest absolute Gasteiger partial charge is 0.226 e. The lowest BCUT2D eigenvalue weighted by Gasteiger charge is -2.02. The molecule has 0 aromatic carbocycles. The molecule has 0 fully saturated rings. The molecule has 5 heteroatoms. The molecule has 1 rings (SSSR count). The molecule has 1 heterocycles. The van der Waals surface area contributed by atoms with Crippen molar-refractivity contribution in [1.82, 2.24) is 10.2 Å². The highest BCUT2D eigenvalue weighted by Crippen LogP contribution is 2.01. The third kappa shape index (κ3) is 3.14. The molecule has 1 N–H and O–H groups in total. The van der Waals surface area contributed by atoms with Crippen molar-refractivity contribution in [3.05, 3.63) is 31.2 Å². The van der Waals surface area contributed by atoms with Crippen molar-refractivity contribution in [2.75, 3.05) is 5.32 Å². The SMILES string of the molecule is C=C/N=C(\N=C/C)Nc1ccnnc1. The first-order valence-electron chi connectivity index (χ1n) is 4.08. The Balaban J connectivity index is 2.75. The molecule has 0 unspecified atom stereocenters. The predicted molar refractivity (Wildman–Crippen MR) is 57.5 cm³/mol. The van der Waals surface area contributed by atoms with Gasteiger partial charge in [-0.25, -0.2) is 9.98 Å². The number of guanidine groups is 1. The van der Waals surface area contributed by atoms with Gasteiger partial charge in [0.1, 0.15) is 0 Å². The first-order chi connectivity index (χ1) is 6.86. The summed E-state index contributed by atoms with van der Waals surface area (Å²) < 4.78 is 0. The molecule has 0 aliphatic heterocycles. The Labute approximate surface area is 82.3 Å². The summed E-state index contributed by atoms with van der Waals surface area (Å²) in [7, 11) is 0. The third-order valence-electron chi connectivity index (χ3n) is 1.31. The van der Waals surface area contributed by atoms with Crippen molar-refractivity contribution in [3.8, 4) is 0 Å². The number of nitrogens with one attached hydrogen (secondary N) is 1. The van der Waals surface area contributed by atoms with Crippen LogP contribution in [-0.4, -0.2) is 22.4 Å². The zero-order chi connectivity index (χ0) is 10.2. The molecule has 0 saturated carbocycles. The lowest BCUT2D eigenvalue weighted by atomic mass is 10.5. The van der Waals surface area contributed by atoms with Crippen LogP contribution in [0.5, 0.6) is 0 Å². The lowest BCUT2D eigenvalue weighted by molar-refractivity contribution is 1.03. The van der Waals surface area contributed by atoms with Gasteiger partial charge in [0.15, 0.2) is 0 Å². The first-order valence-corrected chi connectivity index (χ1v) is 4.08. The van der Waals surface area contributed by atoms with Gasteiger partial charge in [-0.05, 0) is 13.0 Å². The Morgan fingerprint density at radius 2 is 2.43 bits per heavy atom. The minimum atomic E-state index is 0.468. The van der Waals surface area contributed by atoms with Crippen LogP contribution in [0, 0.1) is 0 Å². The van der Waals surface area contributed by atoms with E-state index in [9.17, 15) is 0 Å². The predicted octanol–water partition coefficient (Wildman–Crippen LogP) is 1.48. The van der Waals surface area contributed by atoms with Gasteiger partial charge in [0.2, 0.25) is 5.96 Å². The molecular formula is C9H11N5. The van der Waals surface area contributed by atoms with Gasteiger partial charge in [0.25, 0.3) is 0 Å². The van der Waals surface area contributed by atoms with Crippen LogP contribution in [0.3, 0.4) is 0 Å². The van der Waals surface area contributed by atoms with Crippen molar-refractivity contribution < 1.29 is 0 Å². The minimum absolute atomic E-state index is 0.468. The van der Waals surface area contributed by atoms with E-state index in [-0.39, 0.29) is 0 Å². The van der Waals surface area contributed by atoms with Crippen LogP contribution in [0.4, 0.5) is 5.69 Å². The van der Waals surface area contributed by atoms with E-state index in [2.05, 4.69) is 32.1 Å². The van der Waals surface area contributed by atoms with Gasteiger partial charge in [0.05, 0.1) is 18.1 Å². The van der Waals surface area contributed by atoms with E-state index in [0.717, 1.165) is 5.69 Å². The van der Waals surface area contributed by atoms with Crippen LogP contribution >= 0.6 is 0 Å². The second-order valence-corrected chi connectivity index (χ2v) is 2.28. The van der Waals surface area contributed by atoms with Crippen molar-refractivity contribution >= 4 is 17.9 Å². The molecule has 1 aromatic heterocycles. The van der Waals surface area contributed by atoms with Gasteiger partial charge < -0.3 is 5.32 Å². The number of aliphatic imine (C=N–C) groups is 2. The van der Waals surface area contributed by atoms with Gasteiger partial charge in [0, 0.05) is 12.4 Å². The summed E-state index contributed by atoms with van der Waals surface area (Å²) in [6.45, 7) is 5.31. The van der Waals surface area contributed by atoms with Gasteiger partial charge >= 0.3 is 0 Å². The minimum Gasteiger partial charge on any atom is -0.323 e. The quantitative estimate of drug-likeness (QED) is 0.566. The number of anilines is 1. The Hall–Kier alpha value is -2.04. The zero-order valence-electron chi connectivity index (χ0n) is 7.88. The van der Waals surface area contributed by atoms with Crippen LogP contribution in [-0.2, 0) is 0 Å². The topological polar surface area (TPSA) is 62.5 Å². The van der Waals surface area contributed by atoms with Crippen LogP contribution < -0.4 is 5.32 Å². The first kappa shape index (κ1) is 10.0. The molecule has 0 amide bonds. The second-order valence-electron chi connectivity index (χ2n) is 2.28. The van der Waals surface area contributed by atoms with Crippen molar-refractivity contribution in [2.24, 2.45) is 9.98 Å². The molecule has 0 spiro atoms. The van der Waals surface area contributed by atoms with E-state index in [1.165, 1.54) is 6.20 Å². The molecule has 14 heavy (non-hydrogen) atoms. The molecule has 0 saturated heterocycles. The molecule has 0 aliphatic rings. The maximum Gasteiger partial charge on any atom is 0.226 e.